The third-order valence-electron chi connectivity index (χ3n) is 1.75. The second-order valence-corrected chi connectivity index (χ2v) is 2.61. The average molecular weight is 190 g/mol. The van der Waals surface area contributed by atoms with E-state index in [1.807, 2.05) is 38.2 Å². The average Bonchev–Trinajstić information content (AvgIpc) is 2.45. The van der Waals surface area contributed by atoms with E-state index in [0.29, 0.717) is 5.42 Å². The highest BCUT2D eigenvalue weighted by Gasteiger charge is 1.90. The molecule has 0 aliphatic heterocycles. The minimum absolute atomic E-state index is 0.291. The first kappa shape index (κ1) is 10.5. The van der Waals surface area contributed by atoms with Crippen molar-refractivity contribution in [2.24, 2.45) is 0 Å². The van der Waals surface area contributed by atoms with Crippen LogP contribution in [0.4, 0.5) is 0 Å². The van der Waals surface area contributed by atoms with Crippen molar-refractivity contribution >= 4 is 12.2 Å². The van der Waals surface area contributed by atoms with E-state index in [4.69, 9.17) is 4.42 Å². The molecular weight excluding hydrogens is 176 g/mol. The molecule has 0 bridgehead atoms. The molecule has 0 atom stereocenters. The summed E-state index contributed by atoms with van der Waals surface area (Å²) in [6.45, 7) is 4.00. The van der Waals surface area contributed by atoms with Crippen molar-refractivity contribution in [2.45, 2.75) is 20.3 Å². The fraction of sp³-hybridized carbons (Fsp3) is 0.250. The molecule has 1 aromatic heterocycles. The molecule has 0 N–H and O–H groups in total. The Balaban J connectivity index is 0.000000461. The topological polar surface area (TPSA) is 30.2 Å². The van der Waals surface area contributed by atoms with Gasteiger partial charge in [0.15, 0.2) is 0 Å². The van der Waals surface area contributed by atoms with E-state index in [9.17, 15) is 4.79 Å². The molecule has 0 amide bonds. The summed E-state index contributed by atoms with van der Waals surface area (Å²) in [5.41, 5.74) is 0.382. The zero-order chi connectivity index (χ0) is 10.4. The number of fused-ring (bicyclic) bond motifs is 1. The third-order valence-corrected chi connectivity index (χ3v) is 1.75. The second kappa shape index (κ2) is 5.22. The van der Waals surface area contributed by atoms with E-state index in [2.05, 4.69) is 0 Å². The first-order valence-corrected chi connectivity index (χ1v) is 4.83. The predicted octanol–water partition coefficient (Wildman–Crippen LogP) is 1.19. The van der Waals surface area contributed by atoms with E-state index in [1.165, 1.54) is 6.07 Å². The van der Waals surface area contributed by atoms with Crippen molar-refractivity contribution in [1.82, 2.24) is 0 Å². The van der Waals surface area contributed by atoms with E-state index in [0.717, 1.165) is 11.6 Å². The first-order chi connectivity index (χ1) is 6.86. The van der Waals surface area contributed by atoms with Crippen molar-refractivity contribution in [2.75, 3.05) is 0 Å². The van der Waals surface area contributed by atoms with Crippen LogP contribution < -0.4 is 16.3 Å². The summed E-state index contributed by atoms with van der Waals surface area (Å²) in [6, 6.07) is 3.20. The normalized spacial score (nSPS) is 12.4. The van der Waals surface area contributed by atoms with E-state index < -0.39 is 0 Å². The first-order valence-electron chi connectivity index (χ1n) is 4.83. The van der Waals surface area contributed by atoms with Gasteiger partial charge in [0, 0.05) is 11.3 Å². The Bertz CT molecular complexity index is 478. The maximum atomic E-state index is 10.8. The second-order valence-electron chi connectivity index (χ2n) is 2.61. The molecule has 0 spiro atoms. The summed E-state index contributed by atoms with van der Waals surface area (Å²) in [7, 11) is 0. The monoisotopic (exact) mass is 190 g/mol. The van der Waals surface area contributed by atoms with Crippen LogP contribution in [0.1, 0.15) is 20.3 Å². The Morgan fingerprint density at radius 1 is 1.29 bits per heavy atom. The van der Waals surface area contributed by atoms with Gasteiger partial charge in [-0.25, -0.2) is 4.79 Å². The molecule has 2 heteroatoms. The largest absolute Gasteiger partial charge is 0.423 e. The van der Waals surface area contributed by atoms with Crippen molar-refractivity contribution in [3.05, 3.63) is 45.3 Å². The molecule has 0 unspecified atom stereocenters. The van der Waals surface area contributed by atoms with Gasteiger partial charge < -0.3 is 4.42 Å². The van der Waals surface area contributed by atoms with Gasteiger partial charge in [-0.15, -0.1) is 0 Å². The van der Waals surface area contributed by atoms with Crippen molar-refractivity contribution in [1.29, 1.82) is 0 Å². The molecule has 0 radical (unpaired) electrons. The fourth-order valence-corrected chi connectivity index (χ4v) is 1.16. The molecule has 0 saturated heterocycles. The molecule has 2 rings (SSSR count). The van der Waals surface area contributed by atoms with Crippen LogP contribution in [-0.4, -0.2) is 0 Å². The van der Waals surface area contributed by atoms with Gasteiger partial charge in [0.25, 0.3) is 0 Å². The minimum Gasteiger partial charge on any atom is -0.423 e. The standard InChI is InChI=1S/C10H8O2.C2H6/c11-10-7-6-8-4-2-1-3-5-9(8)12-10;1-2/h1-2,4-7H,3H2;1-2H3. The molecule has 1 heterocycles. The SMILES string of the molecule is CC.O=c1ccc2c(o1)=CCC=CC=2. The molecule has 1 aliphatic carbocycles. The van der Waals surface area contributed by atoms with Crippen molar-refractivity contribution in [3.63, 3.8) is 0 Å². The van der Waals surface area contributed by atoms with Gasteiger partial charge >= 0.3 is 5.63 Å². The maximum absolute atomic E-state index is 10.8. The molecule has 0 saturated carbocycles. The van der Waals surface area contributed by atoms with Gasteiger partial charge in [-0.05, 0) is 18.6 Å². The van der Waals surface area contributed by atoms with Crippen LogP contribution in [0, 0.1) is 0 Å². The van der Waals surface area contributed by atoms with Gasteiger partial charge in [-0.3, -0.25) is 0 Å². The number of hydrogen-bond acceptors (Lipinski definition) is 2. The van der Waals surface area contributed by atoms with Crippen LogP contribution in [0.15, 0.2) is 33.5 Å². The molecule has 0 fully saturated rings. The summed E-state index contributed by atoms with van der Waals surface area (Å²) in [5, 5.41) is 0.961. The molecule has 0 aromatic carbocycles. The van der Waals surface area contributed by atoms with Gasteiger partial charge in [0.2, 0.25) is 0 Å². The number of rotatable bonds is 0. The number of hydrogen-bond donors (Lipinski definition) is 0. The summed E-state index contributed by atoms with van der Waals surface area (Å²) < 4.78 is 5.00. The molecule has 1 aliphatic rings. The molecule has 14 heavy (non-hydrogen) atoms. The fourth-order valence-electron chi connectivity index (χ4n) is 1.16. The lowest BCUT2D eigenvalue weighted by molar-refractivity contribution is 0.473. The molecular formula is C12H14O2. The third kappa shape index (κ3) is 2.46. The Labute approximate surface area is 82.9 Å². The molecule has 74 valence electrons. The lowest BCUT2D eigenvalue weighted by Gasteiger charge is -1.85. The zero-order valence-electron chi connectivity index (χ0n) is 8.49. The van der Waals surface area contributed by atoms with Crippen LogP contribution >= 0.6 is 0 Å². The summed E-state index contributed by atoms with van der Waals surface area (Å²) in [5.74, 6) is 0. The zero-order valence-corrected chi connectivity index (χ0v) is 8.49. The highest BCUT2D eigenvalue weighted by Crippen LogP contribution is 1.86. The van der Waals surface area contributed by atoms with E-state index in [1.54, 1.807) is 6.07 Å². The van der Waals surface area contributed by atoms with Crippen molar-refractivity contribution < 1.29 is 4.42 Å². The summed E-state index contributed by atoms with van der Waals surface area (Å²) in [4.78, 5) is 10.8. The van der Waals surface area contributed by atoms with Gasteiger partial charge in [-0.2, -0.15) is 0 Å². The maximum Gasteiger partial charge on any atom is 0.336 e. The predicted molar refractivity (Wildman–Crippen MR) is 58.3 cm³/mol. The molecule has 1 aromatic rings. The highest BCUT2D eigenvalue weighted by atomic mass is 16.4. The Morgan fingerprint density at radius 3 is 2.86 bits per heavy atom. The van der Waals surface area contributed by atoms with Gasteiger partial charge in [-0.1, -0.05) is 32.1 Å². The highest BCUT2D eigenvalue weighted by molar-refractivity contribution is 5.41. The minimum atomic E-state index is -0.291. The van der Waals surface area contributed by atoms with E-state index >= 15 is 0 Å². The lowest BCUT2D eigenvalue weighted by Crippen LogP contribution is -2.27. The Hall–Kier alpha value is -1.57. The van der Waals surface area contributed by atoms with Crippen LogP contribution in [0.3, 0.4) is 0 Å². The Morgan fingerprint density at radius 2 is 2.07 bits per heavy atom. The summed E-state index contributed by atoms with van der Waals surface area (Å²) >= 11 is 0. The van der Waals surface area contributed by atoms with Crippen LogP contribution in [0.25, 0.3) is 12.2 Å². The van der Waals surface area contributed by atoms with Crippen LogP contribution in [-0.2, 0) is 0 Å². The van der Waals surface area contributed by atoms with Crippen LogP contribution in [0.5, 0.6) is 0 Å². The van der Waals surface area contributed by atoms with Gasteiger partial charge in [0.05, 0.1) is 0 Å². The van der Waals surface area contributed by atoms with E-state index in [-0.39, 0.29) is 5.63 Å². The molecule has 2 nitrogen and oxygen atoms in total. The van der Waals surface area contributed by atoms with Crippen molar-refractivity contribution in [3.8, 4) is 0 Å². The Kier molecular flexibility index (Phi) is 3.92. The van der Waals surface area contributed by atoms with Crippen LogP contribution in [0.2, 0.25) is 0 Å². The number of allylic oxidation sites excluding steroid dienone is 2. The smallest absolute Gasteiger partial charge is 0.336 e. The summed E-state index contributed by atoms with van der Waals surface area (Å²) in [6.07, 6.45) is 8.62. The lowest BCUT2D eigenvalue weighted by atomic mass is 10.3. The van der Waals surface area contributed by atoms with Gasteiger partial charge in [0.1, 0.15) is 5.42 Å². The quantitative estimate of drug-likeness (QED) is 0.615.